The Morgan fingerprint density at radius 2 is 0.905 bits per heavy atom. The molecule has 0 saturated heterocycles. The Bertz CT molecular complexity index is 1940. The van der Waals surface area contributed by atoms with E-state index in [-0.39, 0.29) is 35.0 Å². The first kappa shape index (κ1) is 66.2. The van der Waals surface area contributed by atoms with Crippen molar-refractivity contribution in [1.82, 2.24) is 0 Å². The van der Waals surface area contributed by atoms with Crippen LogP contribution < -0.4 is 0 Å². The number of carbonyl (C=O) groups excluding carboxylic acids is 2. The van der Waals surface area contributed by atoms with Gasteiger partial charge in [0.1, 0.15) is 12.2 Å². The van der Waals surface area contributed by atoms with Crippen molar-refractivity contribution >= 4 is 11.9 Å². The minimum Gasteiger partial charge on any atom is -0.462 e. The first-order valence-corrected chi connectivity index (χ1v) is 30.3. The van der Waals surface area contributed by atoms with Crippen molar-refractivity contribution in [3.8, 4) is 0 Å². The SMILES string of the molecule is CCCCCCCCCCCCCCCC(=O)O[C@H]1C=C(C)[C@H](/C=C/C(C)=C/C=C/C(C)=C/C=C/C=C(C)/C=C/C=C(C)/C=C/C2=C(C)C[C@@H](OC(=O)CCCCCCCCCCCCC)CC2(C)C)C(C)(C)C1. The maximum absolute atomic E-state index is 12.8. The lowest BCUT2D eigenvalue weighted by Crippen LogP contribution is -2.34. The van der Waals surface area contributed by atoms with Gasteiger partial charge < -0.3 is 9.47 Å². The third-order valence-corrected chi connectivity index (χ3v) is 15.3. The molecule has 4 heteroatoms. The smallest absolute Gasteiger partial charge is 0.306 e. The average Bonchev–Trinajstić information content (AvgIpc) is 3.32. The molecule has 2 aliphatic rings. The molecule has 0 heterocycles. The minimum atomic E-state index is -0.143. The Hall–Kier alpha value is -3.92. The van der Waals surface area contributed by atoms with Gasteiger partial charge in [0.15, 0.2) is 0 Å². The summed E-state index contributed by atoms with van der Waals surface area (Å²) in [5, 5.41) is 0. The van der Waals surface area contributed by atoms with Gasteiger partial charge in [0.05, 0.1) is 0 Å². The van der Waals surface area contributed by atoms with Crippen LogP contribution in [0.15, 0.2) is 130 Å². The molecule has 0 bridgehead atoms. The molecule has 0 amide bonds. The predicted octanol–water partition coefficient (Wildman–Crippen LogP) is 21.7. The van der Waals surface area contributed by atoms with E-state index in [0.717, 1.165) is 44.9 Å². The highest BCUT2D eigenvalue weighted by molar-refractivity contribution is 5.70. The average molecular weight is 1020 g/mol. The molecule has 0 unspecified atom stereocenters. The van der Waals surface area contributed by atoms with Crippen LogP contribution >= 0.6 is 0 Å². The molecular weight excluding hydrogens is 905 g/mol. The molecule has 0 aromatic heterocycles. The van der Waals surface area contributed by atoms with Crippen LogP contribution in [0.25, 0.3) is 0 Å². The zero-order valence-corrected chi connectivity index (χ0v) is 50.0. The summed E-state index contributed by atoms with van der Waals surface area (Å²) in [6.07, 6.45) is 67.0. The summed E-state index contributed by atoms with van der Waals surface area (Å²) < 4.78 is 12.0. The number of carbonyl (C=O) groups is 2. The molecule has 0 fully saturated rings. The predicted molar refractivity (Wildman–Crippen MR) is 323 cm³/mol. The lowest BCUT2D eigenvalue weighted by molar-refractivity contribution is -0.151. The summed E-state index contributed by atoms with van der Waals surface area (Å²) in [6.45, 7) is 26.6. The van der Waals surface area contributed by atoms with Crippen LogP contribution in [-0.4, -0.2) is 24.1 Å². The Kier molecular flexibility index (Phi) is 35.3. The Morgan fingerprint density at radius 1 is 0.514 bits per heavy atom. The number of esters is 2. The van der Waals surface area contributed by atoms with Gasteiger partial charge in [-0.25, -0.2) is 0 Å². The highest BCUT2D eigenvalue weighted by Crippen LogP contribution is 2.44. The van der Waals surface area contributed by atoms with Crippen LogP contribution in [0.1, 0.15) is 269 Å². The molecule has 416 valence electrons. The van der Waals surface area contributed by atoms with Crippen molar-refractivity contribution in [2.75, 3.05) is 0 Å². The number of ether oxygens (including phenoxy) is 2. The number of hydrogen-bond donors (Lipinski definition) is 0. The first-order valence-electron chi connectivity index (χ1n) is 30.3. The molecule has 0 N–H and O–H groups in total. The third kappa shape index (κ3) is 31.2. The van der Waals surface area contributed by atoms with Gasteiger partial charge in [-0.15, -0.1) is 0 Å². The number of rotatable bonds is 38. The minimum absolute atomic E-state index is 0.00491. The molecule has 2 aliphatic carbocycles. The molecule has 0 radical (unpaired) electrons. The van der Waals surface area contributed by atoms with Crippen molar-refractivity contribution in [1.29, 1.82) is 0 Å². The molecule has 4 nitrogen and oxygen atoms in total. The second-order valence-corrected chi connectivity index (χ2v) is 23.9. The van der Waals surface area contributed by atoms with Crippen molar-refractivity contribution in [2.45, 2.75) is 281 Å². The molecular formula is C70H112O4. The zero-order chi connectivity index (χ0) is 54.5. The van der Waals surface area contributed by atoms with E-state index in [0.29, 0.717) is 18.8 Å². The van der Waals surface area contributed by atoms with Crippen LogP contribution in [0.3, 0.4) is 0 Å². The molecule has 0 aromatic rings. The molecule has 0 spiro atoms. The van der Waals surface area contributed by atoms with E-state index in [1.165, 1.54) is 167 Å². The molecule has 3 atom stereocenters. The summed E-state index contributed by atoms with van der Waals surface area (Å²) in [4.78, 5) is 25.5. The molecule has 0 aliphatic heterocycles. The van der Waals surface area contributed by atoms with Gasteiger partial charge in [-0.1, -0.05) is 301 Å². The van der Waals surface area contributed by atoms with E-state index in [2.05, 4.69) is 174 Å². The highest BCUT2D eigenvalue weighted by Gasteiger charge is 2.37. The van der Waals surface area contributed by atoms with Crippen molar-refractivity contribution in [3.63, 3.8) is 0 Å². The zero-order valence-electron chi connectivity index (χ0n) is 50.0. The van der Waals surface area contributed by atoms with Gasteiger partial charge in [0, 0.05) is 25.2 Å². The second-order valence-electron chi connectivity index (χ2n) is 23.9. The monoisotopic (exact) mass is 1020 g/mol. The van der Waals surface area contributed by atoms with Crippen molar-refractivity contribution in [3.05, 3.63) is 130 Å². The highest BCUT2D eigenvalue weighted by atomic mass is 16.5. The Labute approximate surface area is 457 Å². The molecule has 0 aromatic carbocycles. The van der Waals surface area contributed by atoms with Crippen molar-refractivity contribution < 1.29 is 19.1 Å². The van der Waals surface area contributed by atoms with Gasteiger partial charge in [-0.2, -0.15) is 0 Å². The fourth-order valence-electron chi connectivity index (χ4n) is 10.9. The number of hydrogen-bond acceptors (Lipinski definition) is 4. The van der Waals surface area contributed by atoms with Crippen LogP contribution in [0.2, 0.25) is 0 Å². The van der Waals surface area contributed by atoms with Crippen LogP contribution in [0.4, 0.5) is 0 Å². The first-order chi connectivity index (χ1) is 35.5. The summed E-state index contributed by atoms with van der Waals surface area (Å²) in [5.74, 6) is 0.222. The number of unbranched alkanes of at least 4 members (excludes halogenated alkanes) is 22. The largest absolute Gasteiger partial charge is 0.462 e. The lowest BCUT2D eigenvalue weighted by atomic mass is 9.67. The second kappa shape index (κ2) is 39.5. The molecule has 74 heavy (non-hydrogen) atoms. The van der Waals surface area contributed by atoms with Crippen LogP contribution in [-0.2, 0) is 19.1 Å². The van der Waals surface area contributed by atoms with Crippen LogP contribution in [0.5, 0.6) is 0 Å². The summed E-state index contributed by atoms with van der Waals surface area (Å²) >= 11 is 0. The maximum atomic E-state index is 12.8. The summed E-state index contributed by atoms with van der Waals surface area (Å²) in [5.41, 5.74) is 8.64. The Balaban J connectivity index is 1.74. The fourth-order valence-corrected chi connectivity index (χ4v) is 10.9. The normalized spacial score (nSPS) is 20.1. The number of allylic oxidation sites excluding steroid dienone is 20. The van der Waals surface area contributed by atoms with E-state index in [1.807, 2.05) is 0 Å². The quantitative estimate of drug-likeness (QED) is 0.0268. The van der Waals surface area contributed by atoms with Gasteiger partial charge in [-0.05, 0) is 89.7 Å². The summed E-state index contributed by atoms with van der Waals surface area (Å²) in [6, 6.07) is 0. The van der Waals surface area contributed by atoms with Gasteiger partial charge in [0.25, 0.3) is 0 Å². The van der Waals surface area contributed by atoms with Gasteiger partial charge >= 0.3 is 11.9 Å². The van der Waals surface area contributed by atoms with Gasteiger partial charge in [-0.3, -0.25) is 9.59 Å². The molecule has 0 saturated carbocycles. The standard InChI is InChI=1S/C70H112O4/c1-13-15-17-19-21-23-25-26-28-30-32-34-36-48-68(72)74-64-54-62(8)66(70(11,12)56-64)52-50-60(6)46-40-44-58(4)42-38-37-41-57(3)43-39-45-59(5)49-51-65-61(7)53-63(55-69(65,9)10)73-67(71)47-35-33-31-29-27-24-22-20-18-16-14-2/h37-46,49-52,54,63-64,66H,13-36,47-48,53,55-56H2,1-12H3/b38-37+,43-39+,44-40+,51-49+,52-50+,57-41+,58-42+,59-45+,60-46+/t63-,64+,66+/m1/s1. The molecule has 2 rings (SSSR count). The van der Waals surface area contributed by atoms with E-state index >= 15 is 0 Å². The lowest BCUT2D eigenvalue weighted by Gasteiger charge is -2.40. The van der Waals surface area contributed by atoms with E-state index in [1.54, 1.807) is 0 Å². The topological polar surface area (TPSA) is 52.6 Å². The third-order valence-electron chi connectivity index (χ3n) is 15.3. The Morgan fingerprint density at radius 3 is 1.34 bits per heavy atom. The maximum Gasteiger partial charge on any atom is 0.306 e. The summed E-state index contributed by atoms with van der Waals surface area (Å²) in [7, 11) is 0. The van der Waals surface area contributed by atoms with Crippen molar-refractivity contribution in [2.24, 2.45) is 16.7 Å². The fraction of sp³-hybridized carbons (Fsp3) is 0.657. The van der Waals surface area contributed by atoms with E-state index in [4.69, 9.17) is 9.47 Å². The van der Waals surface area contributed by atoms with Crippen LogP contribution in [0, 0.1) is 16.7 Å². The van der Waals surface area contributed by atoms with Gasteiger partial charge in [0.2, 0.25) is 0 Å². The van der Waals surface area contributed by atoms with E-state index < -0.39 is 0 Å². The van der Waals surface area contributed by atoms with E-state index in [9.17, 15) is 9.59 Å².